The van der Waals surface area contributed by atoms with Crippen molar-refractivity contribution in [2.45, 2.75) is 65.8 Å². The van der Waals surface area contributed by atoms with Crippen LogP contribution in [0.3, 0.4) is 0 Å². The summed E-state index contributed by atoms with van der Waals surface area (Å²) in [5.74, 6) is 1.48. The van der Waals surface area contributed by atoms with Gasteiger partial charge in [0.05, 0.1) is 6.04 Å². The van der Waals surface area contributed by atoms with Gasteiger partial charge in [-0.15, -0.1) is 0 Å². The summed E-state index contributed by atoms with van der Waals surface area (Å²) in [5.41, 5.74) is 0.0234. The molecule has 1 aliphatic rings. The largest absolute Gasteiger partial charge is 0.377 e. The number of nitrogens with zero attached hydrogens (tertiary/aromatic N) is 3. The second kappa shape index (κ2) is 6.64. The molecule has 2 amide bonds. The number of rotatable bonds is 4. The Morgan fingerprint density at radius 3 is 2.86 bits per heavy atom. The fourth-order valence-corrected chi connectivity index (χ4v) is 2.34. The van der Waals surface area contributed by atoms with E-state index in [1.165, 1.54) is 0 Å². The molecule has 7 heteroatoms. The summed E-state index contributed by atoms with van der Waals surface area (Å²) in [6.45, 7) is 9.55. The normalized spacial score (nSPS) is 19.4. The number of urea groups is 1. The third-order valence-electron chi connectivity index (χ3n) is 4.14. The summed E-state index contributed by atoms with van der Waals surface area (Å²) < 4.78 is 6.95. The van der Waals surface area contributed by atoms with E-state index < -0.39 is 0 Å². The number of hydrogen-bond acceptors (Lipinski definition) is 4. The third kappa shape index (κ3) is 3.97. The number of carbonyl (C=O) groups is 1. The van der Waals surface area contributed by atoms with Gasteiger partial charge in [-0.3, -0.25) is 0 Å². The van der Waals surface area contributed by atoms with Gasteiger partial charge in [0.25, 0.3) is 0 Å². The maximum absolute atomic E-state index is 12.2. The first-order valence-corrected chi connectivity index (χ1v) is 7.81. The first-order chi connectivity index (χ1) is 10.3. The first-order valence-electron chi connectivity index (χ1n) is 7.81. The van der Waals surface area contributed by atoms with E-state index in [1.54, 1.807) is 7.11 Å². The SMILES string of the molecule is COCc1nc2n(n1)CCC[C@H]2NC(=O)N[C@H](C)C(C)(C)C. The minimum atomic E-state index is -0.155. The van der Waals surface area contributed by atoms with Crippen molar-refractivity contribution < 1.29 is 9.53 Å². The Morgan fingerprint density at radius 1 is 1.50 bits per heavy atom. The average Bonchev–Trinajstić information content (AvgIpc) is 2.81. The summed E-state index contributed by atoms with van der Waals surface area (Å²) in [5, 5.41) is 10.4. The number of nitrogens with one attached hydrogen (secondary N) is 2. The maximum Gasteiger partial charge on any atom is 0.315 e. The number of aromatic nitrogens is 3. The van der Waals surface area contributed by atoms with Crippen LogP contribution >= 0.6 is 0 Å². The van der Waals surface area contributed by atoms with Crippen LogP contribution < -0.4 is 10.6 Å². The summed E-state index contributed by atoms with van der Waals surface area (Å²) in [6.07, 6.45) is 1.85. The number of carbonyl (C=O) groups excluding carboxylic acids is 1. The molecule has 1 aromatic rings. The first kappa shape index (κ1) is 16.7. The third-order valence-corrected chi connectivity index (χ3v) is 4.14. The van der Waals surface area contributed by atoms with E-state index in [0.29, 0.717) is 12.4 Å². The molecule has 0 radical (unpaired) electrons. The number of hydrogen-bond donors (Lipinski definition) is 2. The average molecular weight is 309 g/mol. The Balaban J connectivity index is 2.01. The van der Waals surface area contributed by atoms with Crippen LogP contribution in [0.4, 0.5) is 4.79 Å². The van der Waals surface area contributed by atoms with Crippen molar-refractivity contribution in [2.75, 3.05) is 7.11 Å². The Morgan fingerprint density at radius 2 is 2.23 bits per heavy atom. The quantitative estimate of drug-likeness (QED) is 0.891. The van der Waals surface area contributed by atoms with E-state index in [2.05, 4.69) is 41.5 Å². The van der Waals surface area contributed by atoms with E-state index in [9.17, 15) is 4.79 Å². The molecule has 0 fully saturated rings. The van der Waals surface area contributed by atoms with Crippen molar-refractivity contribution in [3.63, 3.8) is 0 Å². The van der Waals surface area contributed by atoms with Gasteiger partial charge >= 0.3 is 6.03 Å². The van der Waals surface area contributed by atoms with Gasteiger partial charge in [0, 0.05) is 19.7 Å². The number of fused-ring (bicyclic) bond motifs is 1. The second-order valence-corrected chi connectivity index (χ2v) is 6.94. The molecule has 0 bridgehead atoms. The molecular weight excluding hydrogens is 282 g/mol. The molecule has 22 heavy (non-hydrogen) atoms. The van der Waals surface area contributed by atoms with E-state index in [-0.39, 0.29) is 23.5 Å². The number of methoxy groups -OCH3 is 1. The van der Waals surface area contributed by atoms with Crippen molar-refractivity contribution in [3.05, 3.63) is 11.6 Å². The van der Waals surface area contributed by atoms with Crippen molar-refractivity contribution in [3.8, 4) is 0 Å². The van der Waals surface area contributed by atoms with Crippen LogP contribution in [0.15, 0.2) is 0 Å². The smallest absolute Gasteiger partial charge is 0.315 e. The van der Waals surface area contributed by atoms with Crippen LogP contribution in [0.5, 0.6) is 0 Å². The Kier molecular flexibility index (Phi) is 5.05. The highest BCUT2D eigenvalue weighted by Gasteiger charge is 2.27. The number of ether oxygens (including phenoxy) is 1. The van der Waals surface area contributed by atoms with Crippen molar-refractivity contribution in [1.82, 2.24) is 25.4 Å². The molecule has 2 heterocycles. The molecule has 1 aliphatic heterocycles. The fourth-order valence-electron chi connectivity index (χ4n) is 2.34. The molecular formula is C15H27N5O2. The lowest BCUT2D eigenvalue weighted by molar-refractivity contribution is 0.177. The van der Waals surface area contributed by atoms with Crippen molar-refractivity contribution in [1.29, 1.82) is 0 Å². The summed E-state index contributed by atoms with van der Waals surface area (Å²) in [7, 11) is 1.62. The Hall–Kier alpha value is -1.63. The molecule has 124 valence electrons. The maximum atomic E-state index is 12.2. The van der Waals surface area contributed by atoms with Gasteiger partial charge in [-0.25, -0.2) is 14.5 Å². The lowest BCUT2D eigenvalue weighted by Crippen LogP contribution is -2.48. The van der Waals surface area contributed by atoms with E-state index >= 15 is 0 Å². The van der Waals surface area contributed by atoms with Crippen LogP contribution in [-0.2, 0) is 17.9 Å². The predicted octanol–water partition coefficient (Wildman–Crippen LogP) is 1.99. The summed E-state index contributed by atoms with van der Waals surface area (Å²) in [6, 6.07) is -0.172. The molecule has 0 saturated heterocycles. The minimum absolute atomic E-state index is 0.0234. The Labute approximate surface area is 131 Å². The zero-order chi connectivity index (χ0) is 16.3. The standard InChI is InChI=1S/C15H27N5O2/c1-10(15(2,3)4)16-14(21)17-11-7-6-8-20-13(11)18-12(19-20)9-22-5/h10-11H,6-9H2,1-5H3,(H2,16,17,21)/t10-,11-/m1/s1. The highest BCUT2D eigenvalue weighted by atomic mass is 16.5. The van der Waals surface area contributed by atoms with E-state index in [0.717, 1.165) is 25.2 Å². The number of aryl methyl sites for hydroxylation is 1. The fraction of sp³-hybridized carbons (Fsp3) is 0.800. The van der Waals surface area contributed by atoms with Crippen LogP contribution in [0.25, 0.3) is 0 Å². The van der Waals surface area contributed by atoms with E-state index in [4.69, 9.17) is 4.74 Å². The van der Waals surface area contributed by atoms with Crippen molar-refractivity contribution in [2.24, 2.45) is 5.41 Å². The highest BCUT2D eigenvalue weighted by Crippen LogP contribution is 2.23. The lowest BCUT2D eigenvalue weighted by atomic mass is 9.88. The van der Waals surface area contributed by atoms with E-state index in [1.807, 2.05) is 11.6 Å². The molecule has 2 atom stereocenters. The monoisotopic (exact) mass is 309 g/mol. The van der Waals surface area contributed by atoms with Crippen molar-refractivity contribution >= 4 is 6.03 Å². The Bertz CT molecular complexity index is 520. The molecule has 0 unspecified atom stereocenters. The zero-order valence-electron chi connectivity index (χ0n) is 14.1. The van der Waals surface area contributed by atoms with Gasteiger partial charge in [0.1, 0.15) is 12.4 Å². The molecule has 0 saturated carbocycles. The van der Waals surface area contributed by atoms with Gasteiger partial charge in [-0.2, -0.15) is 5.10 Å². The second-order valence-electron chi connectivity index (χ2n) is 6.94. The van der Waals surface area contributed by atoms with Crippen LogP contribution in [0.1, 0.15) is 58.2 Å². The molecule has 1 aromatic heterocycles. The highest BCUT2D eigenvalue weighted by molar-refractivity contribution is 5.74. The lowest BCUT2D eigenvalue weighted by Gasteiger charge is -2.29. The zero-order valence-corrected chi connectivity index (χ0v) is 14.1. The predicted molar refractivity (Wildman–Crippen MR) is 83.3 cm³/mol. The van der Waals surface area contributed by atoms with Gasteiger partial charge in [-0.1, -0.05) is 20.8 Å². The van der Waals surface area contributed by atoms with Crippen LogP contribution in [0, 0.1) is 5.41 Å². The van der Waals surface area contributed by atoms with Gasteiger partial charge < -0.3 is 15.4 Å². The minimum Gasteiger partial charge on any atom is -0.377 e. The molecule has 0 aliphatic carbocycles. The van der Waals surface area contributed by atoms with Gasteiger partial charge in [-0.05, 0) is 25.2 Å². The van der Waals surface area contributed by atoms with Crippen LogP contribution in [0.2, 0.25) is 0 Å². The topological polar surface area (TPSA) is 81.1 Å². The molecule has 0 spiro atoms. The molecule has 2 rings (SSSR count). The number of amides is 2. The molecule has 7 nitrogen and oxygen atoms in total. The van der Waals surface area contributed by atoms with Gasteiger partial charge in [0.15, 0.2) is 5.82 Å². The molecule has 2 N–H and O–H groups in total. The van der Waals surface area contributed by atoms with Gasteiger partial charge in [0.2, 0.25) is 0 Å². The molecule has 0 aromatic carbocycles. The summed E-state index contributed by atoms with van der Waals surface area (Å²) in [4.78, 5) is 16.7. The van der Waals surface area contributed by atoms with Crippen LogP contribution in [-0.4, -0.2) is 33.9 Å². The summed E-state index contributed by atoms with van der Waals surface area (Å²) >= 11 is 0.